The summed E-state index contributed by atoms with van der Waals surface area (Å²) in [5, 5.41) is 14.1. The third-order valence-corrected chi connectivity index (χ3v) is 5.83. The van der Waals surface area contributed by atoms with Gasteiger partial charge in [0.05, 0.1) is 23.9 Å². The van der Waals surface area contributed by atoms with Gasteiger partial charge in [0.2, 0.25) is 0 Å². The SMILES string of the molecule is CC1(c2ccc(C#N)cc2)NC(=O)N(Cc2csc(COc3ccc(F)cc3)n2)C1=O. The lowest BCUT2D eigenvalue weighted by atomic mass is 9.91. The van der Waals surface area contributed by atoms with Crippen LogP contribution in [0.4, 0.5) is 9.18 Å². The highest BCUT2D eigenvalue weighted by Gasteiger charge is 2.49. The van der Waals surface area contributed by atoms with Crippen molar-refractivity contribution in [3.8, 4) is 11.8 Å². The summed E-state index contributed by atoms with van der Waals surface area (Å²) in [7, 11) is 0. The molecule has 1 saturated heterocycles. The van der Waals surface area contributed by atoms with Crippen LogP contribution in [0.3, 0.4) is 0 Å². The Bertz CT molecular complexity index is 1170. The highest BCUT2D eigenvalue weighted by atomic mass is 32.1. The van der Waals surface area contributed by atoms with E-state index in [1.165, 1.54) is 35.6 Å². The van der Waals surface area contributed by atoms with E-state index in [9.17, 15) is 14.0 Å². The summed E-state index contributed by atoms with van der Waals surface area (Å²) in [6.07, 6.45) is 0. The number of ether oxygens (including phenoxy) is 1. The minimum atomic E-state index is -1.21. The van der Waals surface area contributed by atoms with Crippen molar-refractivity contribution < 1.29 is 18.7 Å². The maximum absolute atomic E-state index is 13.0. The van der Waals surface area contributed by atoms with E-state index >= 15 is 0 Å². The molecule has 2 aromatic carbocycles. The van der Waals surface area contributed by atoms with Crippen LogP contribution >= 0.6 is 11.3 Å². The zero-order valence-corrected chi connectivity index (χ0v) is 17.3. The Kier molecular flexibility index (Phi) is 5.40. The van der Waals surface area contributed by atoms with Crippen LogP contribution in [0.2, 0.25) is 0 Å². The van der Waals surface area contributed by atoms with E-state index in [2.05, 4.69) is 10.3 Å². The summed E-state index contributed by atoms with van der Waals surface area (Å²) in [5.41, 5.74) is 0.420. The molecule has 9 heteroatoms. The third-order valence-electron chi connectivity index (χ3n) is 4.96. The number of imide groups is 1. The molecule has 1 aromatic heterocycles. The number of nitrogens with one attached hydrogen (secondary N) is 1. The predicted octanol–water partition coefficient (Wildman–Crippen LogP) is 3.70. The Morgan fingerprint density at radius 1 is 1.19 bits per heavy atom. The van der Waals surface area contributed by atoms with Crippen LogP contribution in [0.25, 0.3) is 0 Å². The van der Waals surface area contributed by atoms with Crippen LogP contribution in [-0.4, -0.2) is 21.8 Å². The molecule has 1 fully saturated rings. The number of amides is 3. The topological polar surface area (TPSA) is 95.3 Å². The summed E-state index contributed by atoms with van der Waals surface area (Å²) in [5.74, 6) is -0.213. The average molecular weight is 436 g/mol. The van der Waals surface area contributed by atoms with E-state index < -0.39 is 11.6 Å². The lowest BCUT2D eigenvalue weighted by Gasteiger charge is -2.22. The van der Waals surface area contributed by atoms with Gasteiger partial charge in [-0.3, -0.25) is 9.69 Å². The van der Waals surface area contributed by atoms with Crippen molar-refractivity contribution in [3.05, 3.63) is 81.6 Å². The molecule has 156 valence electrons. The quantitative estimate of drug-likeness (QED) is 0.595. The van der Waals surface area contributed by atoms with E-state index in [1.54, 1.807) is 36.6 Å². The molecule has 4 rings (SSSR count). The number of hydrogen-bond acceptors (Lipinski definition) is 6. The Morgan fingerprint density at radius 3 is 2.58 bits per heavy atom. The van der Waals surface area contributed by atoms with Crippen LogP contribution in [0.5, 0.6) is 5.75 Å². The van der Waals surface area contributed by atoms with Gasteiger partial charge in [-0.15, -0.1) is 11.3 Å². The van der Waals surface area contributed by atoms with Gasteiger partial charge in [-0.2, -0.15) is 5.26 Å². The first-order chi connectivity index (χ1) is 14.9. The molecule has 0 spiro atoms. The zero-order chi connectivity index (χ0) is 22.0. The normalized spacial score (nSPS) is 18.0. The van der Waals surface area contributed by atoms with E-state index in [0.29, 0.717) is 27.6 Å². The molecule has 31 heavy (non-hydrogen) atoms. The second-order valence-corrected chi connectivity index (χ2v) is 8.05. The zero-order valence-electron chi connectivity index (χ0n) is 16.5. The van der Waals surface area contributed by atoms with Crippen LogP contribution in [0.15, 0.2) is 53.9 Å². The molecule has 0 radical (unpaired) electrons. The summed E-state index contributed by atoms with van der Waals surface area (Å²) in [6, 6.07) is 13.7. The summed E-state index contributed by atoms with van der Waals surface area (Å²) >= 11 is 1.35. The third kappa shape index (κ3) is 4.11. The number of thiazole rings is 1. The number of rotatable bonds is 6. The molecule has 0 saturated carbocycles. The van der Waals surface area contributed by atoms with Gasteiger partial charge >= 0.3 is 6.03 Å². The van der Waals surface area contributed by atoms with Crippen molar-refractivity contribution in [2.24, 2.45) is 0 Å². The van der Waals surface area contributed by atoms with Crippen LogP contribution in [0.1, 0.15) is 28.8 Å². The maximum atomic E-state index is 13.0. The molecule has 1 aliphatic heterocycles. The number of carbonyl (C=O) groups excluding carboxylic acids is 2. The fraction of sp³-hybridized carbons (Fsp3) is 0.182. The van der Waals surface area contributed by atoms with E-state index in [4.69, 9.17) is 10.00 Å². The summed E-state index contributed by atoms with van der Waals surface area (Å²) < 4.78 is 18.5. The number of benzene rings is 2. The molecular weight excluding hydrogens is 419 g/mol. The second-order valence-electron chi connectivity index (χ2n) is 7.11. The molecular formula is C22H17FN4O3S. The van der Waals surface area contributed by atoms with Crippen molar-refractivity contribution in [2.45, 2.75) is 25.6 Å². The van der Waals surface area contributed by atoms with E-state index in [1.807, 2.05) is 6.07 Å². The molecule has 1 unspecified atom stereocenters. The first kappa shape index (κ1) is 20.5. The first-order valence-electron chi connectivity index (χ1n) is 9.35. The number of halogens is 1. The van der Waals surface area contributed by atoms with Gasteiger partial charge in [-0.05, 0) is 48.9 Å². The van der Waals surface area contributed by atoms with Gasteiger partial charge in [-0.1, -0.05) is 12.1 Å². The highest BCUT2D eigenvalue weighted by Crippen LogP contribution is 2.30. The van der Waals surface area contributed by atoms with Crippen molar-refractivity contribution >= 4 is 23.3 Å². The first-order valence-corrected chi connectivity index (χ1v) is 10.2. The predicted molar refractivity (Wildman–Crippen MR) is 110 cm³/mol. The smallest absolute Gasteiger partial charge is 0.325 e. The average Bonchev–Trinajstić information content (AvgIpc) is 3.32. The fourth-order valence-electron chi connectivity index (χ4n) is 3.24. The molecule has 0 bridgehead atoms. The van der Waals surface area contributed by atoms with Crippen LogP contribution in [-0.2, 0) is 23.5 Å². The molecule has 3 aromatic rings. The Morgan fingerprint density at radius 2 is 1.90 bits per heavy atom. The number of nitrogens with zero attached hydrogens (tertiary/aromatic N) is 3. The summed E-state index contributed by atoms with van der Waals surface area (Å²) in [6.45, 7) is 1.86. The minimum absolute atomic E-state index is 0.0313. The Hall–Kier alpha value is -3.77. The highest BCUT2D eigenvalue weighted by molar-refractivity contribution is 7.09. The van der Waals surface area contributed by atoms with Gasteiger partial charge in [0.1, 0.15) is 28.7 Å². The number of nitriles is 1. The van der Waals surface area contributed by atoms with Gasteiger partial charge in [0.15, 0.2) is 0 Å². The molecule has 1 atom stereocenters. The van der Waals surface area contributed by atoms with E-state index in [0.717, 1.165) is 4.90 Å². The number of urea groups is 1. The molecule has 7 nitrogen and oxygen atoms in total. The molecule has 3 amide bonds. The van der Waals surface area contributed by atoms with Gasteiger partial charge in [0.25, 0.3) is 5.91 Å². The molecule has 0 aliphatic carbocycles. The van der Waals surface area contributed by atoms with Crippen molar-refractivity contribution in [2.75, 3.05) is 0 Å². The standard InChI is InChI=1S/C22H17FN4O3S/c1-22(15-4-2-14(10-24)3-5-15)20(28)27(21(29)26-22)11-17-13-31-19(25-17)12-30-18-8-6-16(23)7-9-18/h2-9,13H,11-12H2,1H3,(H,26,29). The van der Waals surface area contributed by atoms with Crippen molar-refractivity contribution in [1.29, 1.82) is 5.26 Å². The number of aromatic nitrogens is 1. The minimum Gasteiger partial charge on any atom is -0.486 e. The second kappa shape index (κ2) is 8.16. The molecule has 1 aliphatic rings. The maximum Gasteiger partial charge on any atom is 0.325 e. The Balaban J connectivity index is 1.43. The fourth-order valence-corrected chi connectivity index (χ4v) is 3.94. The van der Waals surface area contributed by atoms with E-state index in [-0.39, 0.29) is 24.9 Å². The van der Waals surface area contributed by atoms with Crippen molar-refractivity contribution in [1.82, 2.24) is 15.2 Å². The lowest BCUT2D eigenvalue weighted by molar-refractivity contribution is -0.131. The van der Waals surface area contributed by atoms with Crippen LogP contribution < -0.4 is 10.1 Å². The Labute approximate surface area is 181 Å². The number of carbonyl (C=O) groups is 2. The monoisotopic (exact) mass is 436 g/mol. The lowest BCUT2D eigenvalue weighted by Crippen LogP contribution is -2.40. The largest absolute Gasteiger partial charge is 0.486 e. The molecule has 1 N–H and O–H groups in total. The molecule has 2 heterocycles. The number of hydrogen-bond donors (Lipinski definition) is 1. The van der Waals surface area contributed by atoms with Crippen LogP contribution in [0, 0.1) is 17.1 Å². The van der Waals surface area contributed by atoms with Crippen molar-refractivity contribution in [3.63, 3.8) is 0 Å². The van der Waals surface area contributed by atoms with Gasteiger partial charge < -0.3 is 10.1 Å². The summed E-state index contributed by atoms with van der Waals surface area (Å²) in [4.78, 5) is 31.1. The van der Waals surface area contributed by atoms with Gasteiger partial charge in [-0.25, -0.2) is 14.2 Å². The van der Waals surface area contributed by atoms with Gasteiger partial charge in [0, 0.05) is 5.38 Å².